The van der Waals surface area contributed by atoms with Gasteiger partial charge in [-0.05, 0) is 52.4 Å². The molecule has 0 saturated heterocycles. The van der Waals surface area contributed by atoms with Crippen LogP contribution in [0.3, 0.4) is 0 Å². The first-order chi connectivity index (χ1) is 10.3. The maximum Gasteiger partial charge on any atom is 0.0673 e. The molecule has 0 aliphatic carbocycles. The molecule has 3 rings (SSSR count). The van der Waals surface area contributed by atoms with E-state index in [2.05, 4.69) is 73.1 Å². The fourth-order valence-electron chi connectivity index (χ4n) is 2.85. The minimum atomic E-state index is 0.301. The molecular formula is C19H21NS. The molecule has 1 unspecified atom stereocenters. The lowest BCUT2D eigenvalue weighted by Crippen LogP contribution is -2.22. The van der Waals surface area contributed by atoms with Crippen LogP contribution in [-0.4, -0.2) is 6.54 Å². The second-order valence-corrected chi connectivity index (χ2v) is 6.21. The first-order valence-corrected chi connectivity index (χ1v) is 8.49. The molecule has 2 aromatic carbocycles. The second kappa shape index (κ2) is 6.42. The Bertz CT molecular complexity index is 729. The molecule has 1 nitrogen and oxygen atoms in total. The molecule has 0 fully saturated rings. The third-order valence-corrected chi connectivity index (χ3v) is 4.96. The Labute approximate surface area is 130 Å². The van der Waals surface area contributed by atoms with Crippen molar-refractivity contribution in [1.29, 1.82) is 0 Å². The summed E-state index contributed by atoms with van der Waals surface area (Å²) in [5, 5.41) is 8.48. The summed E-state index contributed by atoms with van der Waals surface area (Å²) >= 11 is 1.86. The zero-order valence-electron chi connectivity index (χ0n) is 12.6. The Morgan fingerprint density at radius 2 is 1.81 bits per heavy atom. The third-order valence-electron chi connectivity index (χ3n) is 3.94. The van der Waals surface area contributed by atoms with Gasteiger partial charge < -0.3 is 5.32 Å². The lowest BCUT2D eigenvalue weighted by molar-refractivity contribution is 0.636. The van der Waals surface area contributed by atoms with Gasteiger partial charge in [-0.2, -0.15) is 0 Å². The summed E-state index contributed by atoms with van der Waals surface area (Å²) in [6.07, 6.45) is 1.09. The molecule has 0 radical (unpaired) electrons. The largest absolute Gasteiger partial charge is 0.306 e. The molecule has 3 aromatic rings. The molecule has 2 heteroatoms. The Hall–Kier alpha value is -1.64. The van der Waals surface area contributed by atoms with Gasteiger partial charge in [0.2, 0.25) is 0 Å². The summed E-state index contributed by atoms with van der Waals surface area (Å²) in [6, 6.07) is 17.9. The number of rotatable bonds is 5. The first-order valence-electron chi connectivity index (χ1n) is 7.61. The number of hydrogen-bond donors (Lipinski definition) is 1. The Kier molecular flexibility index (Phi) is 4.37. The van der Waals surface area contributed by atoms with Gasteiger partial charge in [0.1, 0.15) is 0 Å². The van der Waals surface area contributed by atoms with Crippen LogP contribution < -0.4 is 5.32 Å². The van der Waals surface area contributed by atoms with Gasteiger partial charge in [0.25, 0.3) is 0 Å². The van der Waals surface area contributed by atoms with E-state index in [0.29, 0.717) is 6.04 Å². The van der Waals surface area contributed by atoms with E-state index in [9.17, 15) is 0 Å². The van der Waals surface area contributed by atoms with Crippen LogP contribution in [0.15, 0.2) is 53.9 Å². The van der Waals surface area contributed by atoms with Crippen LogP contribution in [0, 0.1) is 0 Å². The van der Waals surface area contributed by atoms with Crippen molar-refractivity contribution >= 4 is 22.1 Å². The lowest BCUT2D eigenvalue weighted by atomic mass is 9.98. The van der Waals surface area contributed by atoms with Crippen molar-refractivity contribution in [2.75, 3.05) is 6.54 Å². The van der Waals surface area contributed by atoms with Gasteiger partial charge in [-0.1, -0.05) is 50.2 Å². The highest BCUT2D eigenvalue weighted by molar-refractivity contribution is 7.10. The molecule has 0 amide bonds. The van der Waals surface area contributed by atoms with Crippen LogP contribution in [-0.2, 0) is 6.42 Å². The topological polar surface area (TPSA) is 12.0 Å². The van der Waals surface area contributed by atoms with Crippen LogP contribution in [0.2, 0.25) is 0 Å². The van der Waals surface area contributed by atoms with Gasteiger partial charge in [0, 0.05) is 4.88 Å². The van der Waals surface area contributed by atoms with Crippen molar-refractivity contribution in [2.24, 2.45) is 0 Å². The normalized spacial score (nSPS) is 12.7. The number of thiophene rings is 1. The Morgan fingerprint density at radius 1 is 1.00 bits per heavy atom. The molecule has 1 aromatic heterocycles. The number of aryl methyl sites for hydroxylation is 1. The van der Waals surface area contributed by atoms with Gasteiger partial charge >= 0.3 is 0 Å². The molecule has 1 atom stereocenters. The van der Waals surface area contributed by atoms with Crippen molar-refractivity contribution in [3.63, 3.8) is 0 Å². The van der Waals surface area contributed by atoms with Gasteiger partial charge in [0.15, 0.2) is 0 Å². The maximum absolute atomic E-state index is 3.65. The van der Waals surface area contributed by atoms with Crippen molar-refractivity contribution < 1.29 is 0 Å². The average Bonchev–Trinajstić information content (AvgIpc) is 3.00. The summed E-state index contributed by atoms with van der Waals surface area (Å²) in [5.41, 5.74) is 2.81. The van der Waals surface area contributed by atoms with E-state index in [-0.39, 0.29) is 0 Å². The SMILES string of the molecule is CCNC(c1ccc2ccccc2c1)c1sccc1CC. The van der Waals surface area contributed by atoms with E-state index in [0.717, 1.165) is 13.0 Å². The minimum Gasteiger partial charge on any atom is -0.306 e. The standard InChI is InChI=1S/C19H21NS/c1-3-14-11-12-21-19(14)18(20-4-2)17-10-9-15-7-5-6-8-16(15)13-17/h5-13,18,20H,3-4H2,1-2H3. The van der Waals surface area contributed by atoms with E-state index in [1.54, 1.807) is 0 Å². The van der Waals surface area contributed by atoms with Gasteiger partial charge in [-0.15, -0.1) is 11.3 Å². The molecule has 0 aliphatic rings. The predicted octanol–water partition coefficient (Wildman–Crippen LogP) is 5.16. The van der Waals surface area contributed by atoms with E-state index < -0.39 is 0 Å². The molecule has 0 aliphatic heterocycles. The highest BCUT2D eigenvalue weighted by Gasteiger charge is 2.17. The van der Waals surface area contributed by atoms with Crippen LogP contribution in [0.25, 0.3) is 10.8 Å². The predicted molar refractivity (Wildman–Crippen MR) is 93.2 cm³/mol. The minimum absolute atomic E-state index is 0.301. The van der Waals surface area contributed by atoms with E-state index in [4.69, 9.17) is 0 Å². The molecule has 1 heterocycles. The van der Waals surface area contributed by atoms with Crippen LogP contribution in [0.1, 0.15) is 35.9 Å². The third kappa shape index (κ3) is 2.87. The van der Waals surface area contributed by atoms with Gasteiger partial charge in [-0.3, -0.25) is 0 Å². The Balaban J connectivity index is 2.06. The fraction of sp³-hybridized carbons (Fsp3) is 0.263. The van der Waals surface area contributed by atoms with Crippen LogP contribution in [0.5, 0.6) is 0 Å². The molecular weight excluding hydrogens is 274 g/mol. The zero-order valence-corrected chi connectivity index (χ0v) is 13.4. The van der Waals surface area contributed by atoms with Crippen LogP contribution >= 0.6 is 11.3 Å². The Morgan fingerprint density at radius 3 is 2.57 bits per heavy atom. The number of fused-ring (bicyclic) bond motifs is 1. The quantitative estimate of drug-likeness (QED) is 0.685. The van der Waals surface area contributed by atoms with Crippen LogP contribution in [0.4, 0.5) is 0 Å². The molecule has 21 heavy (non-hydrogen) atoms. The molecule has 0 bridgehead atoms. The number of hydrogen-bond acceptors (Lipinski definition) is 2. The highest BCUT2D eigenvalue weighted by Crippen LogP contribution is 2.31. The molecule has 1 N–H and O–H groups in total. The van der Waals surface area contributed by atoms with Crippen molar-refractivity contribution in [2.45, 2.75) is 26.3 Å². The molecule has 0 spiro atoms. The monoisotopic (exact) mass is 295 g/mol. The maximum atomic E-state index is 3.65. The summed E-state index contributed by atoms with van der Waals surface area (Å²) in [5.74, 6) is 0. The summed E-state index contributed by atoms with van der Waals surface area (Å²) in [4.78, 5) is 1.45. The van der Waals surface area contributed by atoms with Crippen molar-refractivity contribution in [3.05, 3.63) is 69.9 Å². The molecule has 0 saturated carbocycles. The summed E-state index contributed by atoms with van der Waals surface area (Å²) < 4.78 is 0. The van der Waals surface area contributed by atoms with E-state index in [1.807, 2.05) is 11.3 Å². The highest BCUT2D eigenvalue weighted by atomic mass is 32.1. The first kappa shape index (κ1) is 14.3. The van der Waals surface area contributed by atoms with Crippen molar-refractivity contribution in [1.82, 2.24) is 5.32 Å². The number of nitrogens with one attached hydrogen (secondary N) is 1. The average molecular weight is 295 g/mol. The molecule has 108 valence electrons. The zero-order chi connectivity index (χ0) is 14.7. The fourth-order valence-corrected chi connectivity index (χ4v) is 3.94. The van der Waals surface area contributed by atoms with Crippen molar-refractivity contribution in [3.8, 4) is 0 Å². The number of benzene rings is 2. The second-order valence-electron chi connectivity index (χ2n) is 5.26. The van der Waals surface area contributed by atoms with Gasteiger partial charge in [-0.25, -0.2) is 0 Å². The summed E-state index contributed by atoms with van der Waals surface area (Å²) in [6.45, 7) is 5.38. The van der Waals surface area contributed by atoms with Gasteiger partial charge in [0.05, 0.1) is 6.04 Å². The summed E-state index contributed by atoms with van der Waals surface area (Å²) in [7, 11) is 0. The lowest BCUT2D eigenvalue weighted by Gasteiger charge is -2.19. The van der Waals surface area contributed by atoms with E-state index >= 15 is 0 Å². The van der Waals surface area contributed by atoms with E-state index in [1.165, 1.54) is 26.8 Å². The smallest absolute Gasteiger partial charge is 0.0673 e.